The quantitative estimate of drug-likeness (QED) is 0.948. The zero-order valence-electron chi connectivity index (χ0n) is 13.8. The van der Waals surface area contributed by atoms with E-state index in [9.17, 15) is 4.79 Å². The van der Waals surface area contributed by atoms with Gasteiger partial charge in [-0.15, -0.1) is 0 Å². The maximum absolute atomic E-state index is 12.2. The highest BCUT2D eigenvalue weighted by molar-refractivity contribution is 5.90. The number of nitrogens with zero attached hydrogens (tertiary/aromatic N) is 3. The van der Waals surface area contributed by atoms with Crippen molar-refractivity contribution in [1.29, 1.82) is 0 Å². The number of carbonyl (C=O) groups excluding carboxylic acids is 1. The first-order valence-corrected chi connectivity index (χ1v) is 8.33. The first-order chi connectivity index (χ1) is 11.2. The SMILES string of the molecule is CCC(C)NC(=O)N1CCN(c2cccc3cccnc23)CC1. The minimum atomic E-state index is 0.0510. The number of piperazine rings is 1. The van der Waals surface area contributed by atoms with Gasteiger partial charge in [0.05, 0.1) is 11.2 Å². The minimum Gasteiger partial charge on any atom is -0.366 e. The Morgan fingerprint density at radius 1 is 1.22 bits per heavy atom. The molecule has 0 bridgehead atoms. The van der Waals surface area contributed by atoms with Crippen LogP contribution in [0.25, 0.3) is 10.9 Å². The predicted octanol–water partition coefficient (Wildman–Crippen LogP) is 2.86. The highest BCUT2D eigenvalue weighted by Crippen LogP contribution is 2.25. The summed E-state index contributed by atoms with van der Waals surface area (Å²) >= 11 is 0. The van der Waals surface area contributed by atoms with Crippen molar-refractivity contribution in [2.75, 3.05) is 31.1 Å². The average Bonchev–Trinajstić information content (AvgIpc) is 2.61. The van der Waals surface area contributed by atoms with Gasteiger partial charge in [-0.1, -0.05) is 25.1 Å². The number of aromatic nitrogens is 1. The number of anilines is 1. The standard InChI is InChI=1S/C18H24N4O/c1-3-14(2)20-18(23)22-12-10-21(11-13-22)16-8-4-6-15-7-5-9-19-17(15)16/h4-9,14H,3,10-13H2,1-2H3,(H,20,23). The largest absolute Gasteiger partial charge is 0.366 e. The number of hydrogen-bond donors (Lipinski definition) is 1. The van der Waals surface area contributed by atoms with Gasteiger partial charge < -0.3 is 15.1 Å². The molecule has 1 N–H and O–H groups in total. The van der Waals surface area contributed by atoms with Gasteiger partial charge in [0.15, 0.2) is 0 Å². The molecule has 1 atom stereocenters. The smallest absolute Gasteiger partial charge is 0.317 e. The lowest BCUT2D eigenvalue weighted by atomic mass is 10.1. The van der Waals surface area contributed by atoms with Crippen molar-refractivity contribution in [2.45, 2.75) is 26.3 Å². The number of benzene rings is 1. The summed E-state index contributed by atoms with van der Waals surface area (Å²) in [6, 6.07) is 10.6. The van der Waals surface area contributed by atoms with E-state index in [-0.39, 0.29) is 12.1 Å². The molecular formula is C18H24N4O. The number of pyridine rings is 1. The molecule has 23 heavy (non-hydrogen) atoms. The van der Waals surface area contributed by atoms with Crippen molar-refractivity contribution in [3.8, 4) is 0 Å². The topological polar surface area (TPSA) is 48.5 Å². The Labute approximate surface area is 137 Å². The normalized spacial score (nSPS) is 16.4. The molecule has 122 valence electrons. The van der Waals surface area contributed by atoms with Crippen molar-refractivity contribution in [2.24, 2.45) is 0 Å². The Hall–Kier alpha value is -2.30. The van der Waals surface area contributed by atoms with Gasteiger partial charge >= 0.3 is 6.03 Å². The number of amides is 2. The van der Waals surface area contributed by atoms with Gasteiger partial charge in [0.25, 0.3) is 0 Å². The zero-order chi connectivity index (χ0) is 16.2. The molecule has 2 amide bonds. The maximum Gasteiger partial charge on any atom is 0.317 e. The summed E-state index contributed by atoms with van der Waals surface area (Å²) in [6.07, 6.45) is 2.79. The van der Waals surface area contributed by atoms with Gasteiger partial charge in [-0.2, -0.15) is 0 Å². The summed E-state index contributed by atoms with van der Waals surface area (Å²) < 4.78 is 0. The van der Waals surface area contributed by atoms with Crippen molar-refractivity contribution in [3.05, 3.63) is 36.5 Å². The Balaban J connectivity index is 1.68. The third-order valence-corrected chi connectivity index (χ3v) is 4.50. The summed E-state index contributed by atoms with van der Waals surface area (Å²) in [7, 11) is 0. The minimum absolute atomic E-state index is 0.0510. The number of nitrogens with one attached hydrogen (secondary N) is 1. The van der Waals surface area contributed by atoms with E-state index in [0.29, 0.717) is 0 Å². The fraction of sp³-hybridized carbons (Fsp3) is 0.444. The van der Waals surface area contributed by atoms with Gasteiger partial charge in [0.2, 0.25) is 0 Å². The Bertz CT molecular complexity index is 674. The van der Waals surface area contributed by atoms with Crippen LogP contribution in [0.4, 0.5) is 10.5 Å². The molecule has 1 aromatic heterocycles. The maximum atomic E-state index is 12.2. The molecule has 1 aliphatic rings. The molecule has 2 heterocycles. The van der Waals surface area contributed by atoms with Gasteiger partial charge in [-0.3, -0.25) is 4.98 Å². The van der Waals surface area contributed by atoms with E-state index < -0.39 is 0 Å². The zero-order valence-corrected chi connectivity index (χ0v) is 13.8. The van der Waals surface area contributed by atoms with Crippen molar-refractivity contribution in [3.63, 3.8) is 0 Å². The third kappa shape index (κ3) is 3.38. The Kier molecular flexibility index (Phi) is 4.65. The first-order valence-electron chi connectivity index (χ1n) is 8.33. The highest BCUT2D eigenvalue weighted by atomic mass is 16.2. The molecule has 1 saturated heterocycles. The van der Waals surface area contributed by atoms with Crippen LogP contribution in [-0.2, 0) is 0 Å². The number of urea groups is 1. The second-order valence-electron chi connectivity index (χ2n) is 6.09. The molecule has 0 spiro atoms. The van der Waals surface area contributed by atoms with Crippen molar-refractivity contribution in [1.82, 2.24) is 15.2 Å². The molecular weight excluding hydrogens is 288 g/mol. The second kappa shape index (κ2) is 6.86. The summed E-state index contributed by atoms with van der Waals surface area (Å²) in [6.45, 7) is 7.27. The van der Waals surface area contributed by atoms with Crippen molar-refractivity contribution >= 4 is 22.6 Å². The highest BCUT2D eigenvalue weighted by Gasteiger charge is 2.22. The number of rotatable bonds is 3. The molecule has 5 nitrogen and oxygen atoms in total. The lowest BCUT2D eigenvalue weighted by molar-refractivity contribution is 0.191. The van der Waals surface area contributed by atoms with Crippen LogP contribution in [0.2, 0.25) is 0 Å². The van der Waals surface area contributed by atoms with E-state index in [1.165, 1.54) is 0 Å². The molecule has 0 radical (unpaired) electrons. The van der Waals surface area contributed by atoms with E-state index in [1.807, 2.05) is 24.1 Å². The second-order valence-corrected chi connectivity index (χ2v) is 6.09. The number of carbonyl (C=O) groups is 1. The molecule has 1 aliphatic heterocycles. The number of hydrogen-bond acceptors (Lipinski definition) is 3. The first kappa shape index (κ1) is 15.6. The lowest BCUT2D eigenvalue weighted by Crippen LogP contribution is -2.53. The van der Waals surface area contributed by atoms with Crippen LogP contribution in [0, 0.1) is 0 Å². The molecule has 1 unspecified atom stereocenters. The van der Waals surface area contributed by atoms with Crippen LogP contribution in [0.5, 0.6) is 0 Å². The Morgan fingerprint density at radius 3 is 2.70 bits per heavy atom. The van der Waals surface area contributed by atoms with Crippen LogP contribution in [0.15, 0.2) is 36.5 Å². The third-order valence-electron chi connectivity index (χ3n) is 4.50. The molecule has 1 aromatic carbocycles. The predicted molar refractivity (Wildman–Crippen MR) is 93.8 cm³/mol. The number of para-hydroxylation sites is 1. The summed E-state index contributed by atoms with van der Waals surface area (Å²) in [5.41, 5.74) is 2.19. The van der Waals surface area contributed by atoms with Crippen LogP contribution >= 0.6 is 0 Å². The van der Waals surface area contributed by atoms with Gasteiger partial charge in [0.1, 0.15) is 0 Å². The van der Waals surface area contributed by atoms with Gasteiger partial charge in [-0.05, 0) is 25.5 Å². The van der Waals surface area contributed by atoms with E-state index in [0.717, 1.165) is 49.2 Å². The van der Waals surface area contributed by atoms with Crippen LogP contribution in [0.1, 0.15) is 20.3 Å². The van der Waals surface area contributed by atoms with E-state index in [2.05, 4.69) is 46.4 Å². The van der Waals surface area contributed by atoms with Crippen molar-refractivity contribution < 1.29 is 4.79 Å². The Morgan fingerprint density at radius 2 is 1.96 bits per heavy atom. The van der Waals surface area contributed by atoms with E-state index >= 15 is 0 Å². The molecule has 3 rings (SSSR count). The molecule has 0 saturated carbocycles. The molecule has 5 heteroatoms. The fourth-order valence-corrected chi connectivity index (χ4v) is 2.90. The van der Waals surface area contributed by atoms with Crippen LogP contribution in [-0.4, -0.2) is 48.1 Å². The summed E-state index contributed by atoms with van der Waals surface area (Å²) in [5.74, 6) is 0. The molecule has 0 aliphatic carbocycles. The van der Waals surface area contributed by atoms with Crippen LogP contribution in [0.3, 0.4) is 0 Å². The number of fused-ring (bicyclic) bond motifs is 1. The molecule has 1 fully saturated rings. The van der Waals surface area contributed by atoms with Gasteiger partial charge in [-0.25, -0.2) is 4.79 Å². The lowest BCUT2D eigenvalue weighted by Gasteiger charge is -2.36. The van der Waals surface area contributed by atoms with E-state index in [4.69, 9.17) is 0 Å². The fourth-order valence-electron chi connectivity index (χ4n) is 2.90. The summed E-state index contributed by atoms with van der Waals surface area (Å²) in [5, 5.41) is 4.19. The monoisotopic (exact) mass is 312 g/mol. The summed E-state index contributed by atoms with van der Waals surface area (Å²) in [4.78, 5) is 21.0. The van der Waals surface area contributed by atoms with Gasteiger partial charge in [0, 0.05) is 43.8 Å². The van der Waals surface area contributed by atoms with E-state index in [1.54, 1.807) is 0 Å². The van der Waals surface area contributed by atoms with Crippen LogP contribution < -0.4 is 10.2 Å². The molecule has 2 aromatic rings. The average molecular weight is 312 g/mol.